The van der Waals surface area contributed by atoms with Crippen LogP contribution in [0.1, 0.15) is 44.1 Å². The highest BCUT2D eigenvalue weighted by Crippen LogP contribution is 2.18. The van der Waals surface area contributed by atoms with E-state index in [-0.39, 0.29) is 0 Å². The quantitative estimate of drug-likeness (QED) is 0.416. The second-order valence-electron chi connectivity index (χ2n) is 4.15. The summed E-state index contributed by atoms with van der Waals surface area (Å²) in [5.41, 5.74) is 1.45. The highest BCUT2D eigenvalue weighted by atomic mass is 79.9. The minimum absolute atomic E-state index is 1.16. The maximum absolute atomic E-state index is 3.59. The van der Waals surface area contributed by atoms with Crippen molar-refractivity contribution < 1.29 is 0 Å². The van der Waals surface area contributed by atoms with Crippen molar-refractivity contribution in [3.05, 3.63) is 34.3 Å². The molecule has 0 saturated carbocycles. The largest absolute Gasteiger partial charge is 0.0928 e. The zero-order valence-corrected chi connectivity index (χ0v) is 12.9. The van der Waals surface area contributed by atoms with Gasteiger partial charge in [-0.05, 0) is 30.9 Å². The smallest absolute Gasteiger partial charge is 0.0207 e. The molecule has 0 saturated heterocycles. The van der Waals surface area contributed by atoms with Crippen LogP contribution in [0.5, 0.6) is 0 Å². The summed E-state index contributed by atoms with van der Waals surface area (Å²) in [5, 5.41) is 1.16. The molecule has 0 spiro atoms. The van der Waals surface area contributed by atoms with Crippen LogP contribution in [0.15, 0.2) is 28.7 Å². The number of rotatable bonds is 8. The van der Waals surface area contributed by atoms with E-state index in [1.165, 1.54) is 55.0 Å². The summed E-state index contributed by atoms with van der Waals surface area (Å²) in [6, 6.07) is 8.55. The molecule has 1 rings (SSSR count). The Morgan fingerprint density at radius 1 is 0.812 bits per heavy atom. The average Bonchev–Trinajstić information content (AvgIpc) is 2.30. The number of aryl methyl sites for hydroxylation is 1. The van der Waals surface area contributed by atoms with Crippen LogP contribution in [0.2, 0.25) is 0 Å². The minimum Gasteiger partial charge on any atom is -0.0928 e. The van der Waals surface area contributed by atoms with Gasteiger partial charge in [-0.25, -0.2) is 0 Å². The molecule has 2 heteroatoms. The summed E-state index contributed by atoms with van der Waals surface area (Å²) >= 11 is 7.06. The summed E-state index contributed by atoms with van der Waals surface area (Å²) in [5.74, 6) is 0. The van der Waals surface area contributed by atoms with Crippen molar-refractivity contribution >= 4 is 31.9 Å². The van der Waals surface area contributed by atoms with Crippen LogP contribution < -0.4 is 0 Å². The van der Waals surface area contributed by atoms with Gasteiger partial charge in [-0.1, -0.05) is 75.7 Å². The molecule has 0 unspecified atom stereocenters. The number of alkyl halides is 1. The Labute approximate surface area is 116 Å². The lowest BCUT2D eigenvalue weighted by Crippen LogP contribution is -1.87. The van der Waals surface area contributed by atoms with E-state index in [1.54, 1.807) is 0 Å². The summed E-state index contributed by atoms with van der Waals surface area (Å²) in [6.07, 6.45) is 9.37. The molecule has 16 heavy (non-hydrogen) atoms. The lowest BCUT2D eigenvalue weighted by molar-refractivity contribution is 0.609. The van der Waals surface area contributed by atoms with Gasteiger partial charge in [-0.2, -0.15) is 0 Å². The van der Waals surface area contributed by atoms with Crippen LogP contribution in [0.25, 0.3) is 0 Å². The molecule has 0 amide bonds. The van der Waals surface area contributed by atoms with E-state index in [0.29, 0.717) is 0 Å². The van der Waals surface area contributed by atoms with E-state index in [1.807, 2.05) is 0 Å². The van der Waals surface area contributed by atoms with Crippen LogP contribution in [0.4, 0.5) is 0 Å². The Hall–Kier alpha value is 0.180. The van der Waals surface area contributed by atoms with Crippen LogP contribution in [-0.2, 0) is 6.42 Å². The second-order valence-corrected chi connectivity index (χ2v) is 5.80. The van der Waals surface area contributed by atoms with Gasteiger partial charge in [-0.3, -0.25) is 0 Å². The van der Waals surface area contributed by atoms with Gasteiger partial charge in [0.25, 0.3) is 0 Å². The third-order valence-electron chi connectivity index (χ3n) is 2.79. The molecule has 0 bridgehead atoms. The molecule has 0 N–H and O–H groups in total. The lowest BCUT2D eigenvalue weighted by atomic mass is 10.1. The van der Waals surface area contributed by atoms with E-state index in [9.17, 15) is 0 Å². The molecule has 0 aromatic heterocycles. The maximum atomic E-state index is 3.59. The van der Waals surface area contributed by atoms with Gasteiger partial charge < -0.3 is 0 Å². The molecule has 0 aliphatic rings. The molecule has 0 radical (unpaired) electrons. The van der Waals surface area contributed by atoms with Crippen molar-refractivity contribution in [3.8, 4) is 0 Å². The van der Waals surface area contributed by atoms with Gasteiger partial charge in [0.05, 0.1) is 0 Å². The lowest BCUT2D eigenvalue weighted by Gasteiger charge is -2.04. The molecule has 1 aromatic carbocycles. The molecular weight excluding hydrogens is 328 g/mol. The highest BCUT2D eigenvalue weighted by molar-refractivity contribution is 9.10. The fourth-order valence-corrected chi connectivity index (χ4v) is 2.70. The van der Waals surface area contributed by atoms with E-state index < -0.39 is 0 Å². The summed E-state index contributed by atoms with van der Waals surface area (Å²) in [7, 11) is 0. The van der Waals surface area contributed by atoms with Gasteiger partial charge in [0.15, 0.2) is 0 Å². The van der Waals surface area contributed by atoms with Gasteiger partial charge in [0, 0.05) is 9.80 Å². The summed E-state index contributed by atoms with van der Waals surface area (Å²) in [6.45, 7) is 0. The van der Waals surface area contributed by atoms with Crippen molar-refractivity contribution in [2.75, 3.05) is 5.33 Å². The molecule has 0 aliphatic carbocycles. The predicted molar refractivity (Wildman–Crippen MR) is 79.3 cm³/mol. The van der Waals surface area contributed by atoms with Crippen molar-refractivity contribution in [1.82, 2.24) is 0 Å². The Bertz CT molecular complexity index is 284. The SMILES string of the molecule is BrCCCCCCCCc1ccccc1Br. The monoisotopic (exact) mass is 346 g/mol. The third kappa shape index (κ3) is 6.05. The molecule has 0 heterocycles. The maximum Gasteiger partial charge on any atom is 0.0207 e. The molecule has 0 aliphatic heterocycles. The number of hydrogen-bond donors (Lipinski definition) is 0. The van der Waals surface area contributed by atoms with Crippen molar-refractivity contribution in [3.63, 3.8) is 0 Å². The van der Waals surface area contributed by atoms with E-state index >= 15 is 0 Å². The van der Waals surface area contributed by atoms with Gasteiger partial charge in [0.1, 0.15) is 0 Å². The molecule has 0 fully saturated rings. The minimum atomic E-state index is 1.16. The van der Waals surface area contributed by atoms with Crippen LogP contribution in [0, 0.1) is 0 Å². The second kappa shape index (κ2) is 9.23. The first-order valence-electron chi connectivity index (χ1n) is 6.14. The number of halogens is 2. The summed E-state index contributed by atoms with van der Waals surface area (Å²) in [4.78, 5) is 0. The normalized spacial score (nSPS) is 10.6. The third-order valence-corrected chi connectivity index (χ3v) is 4.12. The van der Waals surface area contributed by atoms with E-state index in [0.717, 1.165) is 5.33 Å². The first-order valence-corrected chi connectivity index (χ1v) is 8.05. The zero-order valence-electron chi connectivity index (χ0n) is 9.72. The molecule has 1 aromatic rings. The van der Waals surface area contributed by atoms with Crippen LogP contribution in [-0.4, -0.2) is 5.33 Å². The van der Waals surface area contributed by atoms with Crippen LogP contribution >= 0.6 is 31.9 Å². The summed E-state index contributed by atoms with van der Waals surface area (Å²) < 4.78 is 1.26. The Kier molecular flexibility index (Phi) is 8.22. The molecule has 0 atom stereocenters. The first-order chi connectivity index (χ1) is 7.84. The molecule has 0 nitrogen and oxygen atoms in total. The first kappa shape index (κ1) is 14.2. The zero-order chi connectivity index (χ0) is 11.6. The van der Waals surface area contributed by atoms with Crippen molar-refractivity contribution in [2.45, 2.75) is 44.9 Å². The van der Waals surface area contributed by atoms with Crippen LogP contribution in [0.3, 0.4) is 0 Å². The molecular formula is C14H20Br2. The fourth-order valence-electron chi connectivity index (χ4n) is 1.82. The van der Waals surface area contributed by atoms with Crippen molar-refractivity contribution in [1.29, 1.82) is 0 Å². The number of benzene rings is 1. The molecule has 90 valence electrons. The van der Waals surface area contributed by atoms with Gasteiger partial charge >= 0.3 is 0 Å². The van der Waals surface area contributed by atoms with E-state index in [2.05, 4.69) is 56.1 Å². The Balaban J connectivity index is 2.05. The highest BCUT2D eigenvalue weighted by Gasteiger charge is 1.98. The predicted octanol–water partition coefficient (Wildman–Crippen LogP) is 5.73. The average molecular weight is 348 g/mol. The van der Waals surface area contributed by atoms with E-state index in [4.69, 9.17) is 0 Å². The Morgan fingerprint density at radius 2 is 1.44 bits per heavy atom. The van der Waals surface area contributed by atoms with Gasteiger partial charge in [0.2, 0.25) is 0 Å². The number of hydrogen-bond acceptors (Lipinski definition) is 0. The van der Waals surface area contributed by atoms with Crippen molar-refractivity contribution in [2.24, 2.45) is 0 Å². The topological polar surface area (TPSA) is 0 Å². The number of unbranched alkanes of at least 4 members (excludes halogenated alkanes) is 5. The Morgan fingerprint density at radius 3 is 2.12 bits per heavy atom. The fraction of sp³-hybridized carbons (Fsp3) is 0.571. The van der Waals surface area contributed by atoms with Gasteiger partial charge in [-0.15, -0.1) is 0 Å². The standard InChI is InChI=1S/C14H20Br2/c15-12-8-4-2-1-3-5-9-13-10-6-7-11-14(13)16/h6-7,10-11H,1-5,8-9,12H2.